The van der Waals surface area contributed by atoms with Gasteiger partial charge in [-0.15, -0.1) is 10.2 Å². The lowest BCUT2D eigenvalue weighted by Crippen LogP contribution is -2.14. The third kappa shape index (κ3) is 4.11. The summed E-state index contributed by atoms with van der Waals surface area (Å²) in [5.74, 6) is -0.0594. The Labute approximate surface area is 129 Å². The Morgan fingerprint density at radius 3 is 2.52 bits per heavy atom. The van der Waals surface area contributed by atoms with Crippen molar-refractivity contribution >= 4 is 22.4 Å². The number of carbonyl (C=O) groups excluding carboxylic acids is 1. The van der Waals surface area contributed by atoms with Crippen molar-refractivity contribution in [1.29, 1.82) is 0 Å². The number of aromatic nitrogens is 2. The van der Waals surface area contributed by atoms with Gasteiger partial charge in [0.2, 0.25) is 11.0 Å². The van der Waals surface area contributed by atoms with Gasteiger partial charge in [-0.3, -0.25) is 4.79 Å². The van der Waals surface area contributed by atoms with E-state index in [1.807, 2.05) is 31.2 Å². The number of amides is 1. The molecular formula is C16H21N3OS. The van der Waals surface area contributed by atoms with Crippen molar-refractivity contribution in [3.05, 3.63) is 40.4 Å². The van der Waals surface area contributed by atoms with Gasteiger partial charge in [-0.2, -0.15) is 0 Å². The Kier molecular flexibility index (Phi) is 4.73. The van der Waals surface area contributed by atoms with Gasteiger partial charge >= 0.3 is 0 Å². The Bertz CT molecular complexity index is 617. The minimum Gasteiger partial charge on any atom is -0.300 e. The number of carbonyl (C=O) groups is 1. The smallest absolute Gasteiger partial charge is 0.230 e. The van der Waals surface area contributed by atoms with Crippen molar-refractivity contribution in [1.82, 2.24) is 10.2 Å². The molecule has 0 unspecified atom stereocenters. The summed E-state index contributed by atoms with van der Waals surface area (Å²) in [5, 5.41) is 12.6. The zero-order valence-electron chi connectivity index (χ0n) is 12.9. The minimum atomic E-state index is -0.0594. The van der Waals surface area contributed by atoms with Crippen LogP contribution in [0.2, 0.25) is 0 Å². The van der Waals surface area contributed by atoms with Crippen LogP contribution in [0.1, 0.15) is 43.3 Å². The van der Waals surface area contributed by atoms with E-state index in [0.29, 0.717) is 11.6 Å². The molecule has 21 heavy (non-hydrogen) atoms. The van der Waals surface area contributed by atoms with Crippen LogP contribution < -0.4 is 5.32 Å². The van der Waals surface area contributed by atoms with Crippen LogP contribution in [0.3, 0.4) is 0 Å². The topological polar surface area (TPSA) is 54.9 Å². The van der Waals surface area contributed by atoms with Gasteiger partial charge < -0.3 is 5.32 Å². The summed E-state index contributed by atoms with van der Waals surface area (Å²) in [5.41, 5.74) is 2.18. The van der Waals surface area contributed by atoms with E-state index in [1.165, 1.54) is 16.9 Å². The molecule has 1 heterocycles. The van der Waals surface area contributed by atoms with Gasteiger partial charge in [0, 0.05) is 5.41 Å². The first-order valence-electron chi connectivity index (χ1n) is 7.10. The van der Waals surface area contributed by atoms with Crippen molar-refractivity contribution in [2.45, 2.75) is 46.0 Å². The summed E-state index contributed by atoms with van der Waals surface area (Å²) in [6.07, 6.45) is 1.34. The summed E-state index contributed by atoms with van der Waals surface area (Å²) in [6, 6.07) is 7.96. The lowest BCUT2D eigenvalue weighted by Gasteiger charge is -2.17. The van der Waals surface area contributed by atoms with Crippen LogP contribution in [0.4, 0.5) is 5.13 Å². The number of hydrogen-bond acceptors (Lipinski definition) is 4. The summed E-state index contributed by atoms with van der Waals surface area (Å²) in [4.78, 5) is 12.0. The van der Waals surface area contributed by atoms with E-state index >= 15 is 0 Å². The Balaban J connectivity index is 1.98. The third-order valence-electron chi connectivity index (χ3n) is 3.62. The van der Waals surface area contributed by atoms with Crippen LogP contribution in [-0.4, -0.2) is 16.1 Å². The van der Waals surface area contributed by atoms with Gasteiger partial charge in [0.25, 0.3) is 0 Å². The summed E-state index contributed by atoms with van der Waals surface area (Å²) in [7, 11) is 0. The van der Waals surface area contributed by atoms with E-state index in [-0.39, 0.29) is 11.3 Å². The first-order valence-corrected chi connectivity index (χ1v) is 7.92. The normalized spacial score (nSPS) is 11.4. The molecule has 2 rings (SSSR count). The molecule has 0 aliphatic carbocycles. The second-order valence-corrected chi connectivity index (χ2v) is 6.84. The molecule has 112 valence electrons. The standard InChI is InChI=1S/C16H21N3OS/c1-5-16(3,4)14-18-19-15(21-14)17-13(20)10-12-8-6-11(2)7-9-12/h6-9H,5,10H2,1-4H3,(H,17,19,20). The predicted octanol–water partition coefficient (Wildman–Crippen LogP) is 3.72. The Hall–Kier alpha value is -1.75. The molecular weight excluding hydrogens is 282 g/mol. The van der Waals surface area contributed by atoms with Crippen LogP contribution in [0, 0.1) is 6.92 Å². The molecule has 0 atom stereocenters. The lowest BCUT2D eigenvalue weighted by molar-refractivity contribution is -0.115. The first kappa shape index (κ1) is 15.6. The second kappa shape index (κ2) is 6.35. The molecule has 0 saturated heterocycles. The van der Waals surface area contributed by atoms with Gasteiger partial charge in [0.1, 0.15) is 5.01 Å². The van der Waals surface area contributed by atoms with Crippen LogP contribution in [0.5, 0.6) is 0 Å². The summed E-state index contributed by atoms with van der Waals surface area (Å²) in [6.45, 7) is 8.41. The number of nitrogens with one attached hydrogen (secondary N) is 1. The highest BCUT2D eigenvalue weighted by Crippen LogP contribution is 2.30. The molecule has 0 aliphatic heterocycles. The van der Waals surface area contributed by atoms with E-state index in [2.05, 4.69) is 36.3 Å². The zero-order chi connectivity index (χ0) is 15.5. The molecule has 1 amide bonds. The largest absolute Gasteiger partial charge is 0.300 e. The predicted molar refractivity (Wildman–Crippen MR) is 86.7 cm³/mol. The lowest BCUT2D eigenvalue weighted by atomic mass is 9.91. The summed E-state index contributed by atoms with van der Waals surface area (Å²) < 4.78 is 0. The number of aryl methyl sites for hydroxylation is 1. The fraction of sp³-hybridized carbons (Fsp3) is 0.438. The molecule has 1 aromatic heterocycles. The third-order valence-corrected chi connectivity index (χ3v) is 4.82. The monoisotopic (exact) mass is 303 g/mol. The van der Waals surface area contributed by atoms with Crippen LogP contribution in [-0.2, 0) is 16.6 Å². The molecule has 1 N–H and O–H groups in total. The number of rotatable bonds is 5. The van der Waals surface area contributed by atoms with Gasteiger partial charge in [-0.05, 0) is 18.9 Å². The highest BCUT2D eigenvalue weighted by molar-refractivity contribution is 7.15. The van der Waals surface area contributed by atoms with Crippen molar-refractivity contribution in [2.24, 2.45) is 0 Å². The highest BCUT2D eigenvalue weighted by Gasteiger charge is 2.23. The fourth-order valence-electron chi connectivity index (χ4n) is 1.75. The van der Waals surface area contributed by atoms with Gasteiger partial charge in [-0.1, -0.05) is 61.9 Å². The average Bonchev–Trinajstić information content (AvgIpc) is 2.90. The van der Waals surface area contributed by atoms with Gasteiger partial charge in [0.15, 0.2) is 0 Å². The molecule has 2 aromatic rings. The maximum atomic E-state index is 12.0. The molecule has 1 aromatic carbocycles. The molecule has 4 nitrogen and oxygen atoms in total. The maximum Gasteiger partial charge on any atom is 0.230 e. The Morgan fingerprint density at radius 1 is 1.24 bits per heavy atom. The van der Waals surface area contributed by atoms with Crippen molar-refractivity contribution < 1.29 is 4.79 Å². The van der Waals surface area contributed by atoms with Crippen LogP contribution >= 0.6 is 11.3 Å². The van der Waals surface area contributed by atoms with Crippen molar-refractivity contribution in [3.63, 3.8) is 0 Å². The molecule has 0 saturated carbocycles. The second-order valence-electron chi connectivity index (χ2n) is 5.86. The molecule has 0 spiro atoms. The quantitative estimate of drug-likeness (QED) is 0.916. The van der Waals surface area contributed by atoms with Crippen molar-refractivity contribution in [3.8, 4) is 0 Å². The van der Waals surface area contributed by atoms with Crippen LogP contribution in [0.15, 0.2) is 24.3 Å². The van der Waals surface area contributed by atoms with E-state index in [1.54, 1.807) is 0 Å². The fourth-order valence-corrected chi connectivity index (χ4v) is 2.69. The SMILES string of the molecule is CCC(C)(C)c1nnc(NC(=O)Cc2ccc(C)cc2)s1. The minimum absolute atomic E-state index is 0.00238. The molecule has 0 bridgehead atoms. The average molecular weight is 303 g/mol. The number of benzene rings is 1. The van der Waals surface area contributed by atoms with E-state index in [9.17, 15) is 4.79 Å². The molecule has 5 heteroatoms. The Morgan fingerprint density at radius 2 is 1.90 bits per heavy atom. The van der Waals surface area contributed by atoms with Crippen molar-refractivity contribution in [2.75, 3.05) is 5.32 Å². The summed E-state index contributed by atoms with van der Waals surface area (Å²) >= 11 is 1.45. The van der Waals surface area contributed by atoms with Gasteiger partial charge in [0.05, 0.1) is 6.42 Å². The van der Waals surface area contributed by atoms with E-state index in [0.717, 1.165) is 17.0 Å². The number of nitrogens with zero attached hydrogens (tertiary/aromatic N) is 2. The van der Waals surface area contributed by atoms with Crippen LogP contribution in [0.25, 0.3) is 0 Å². The van der Waals surface area contributed by atoms with E-state index in [4.69, 9.17) is 0 Å². The first-order chi connectivity index (χ1) is 9.90. The molecule has 0 fully saturated rings. The maximum absolute atomic E-state index is 12.0. The highest BCUT2D eigenvalue weighted by atomic mass is 32.1. The number of anilines is 1. The number of hydrogen-bond donors (Lipinski definition) is 1. The van der Waals surface area contributed by atoms with E-state index < -0.39 is 0 Å². The van der Waals surface area contributed by atoms with Gasteiger partial charge in [-0.25, -0.2) is 0 Å². The molecule has 0 radical (unpaired) electrons. The molecule has 0 aliphatic rings. The zero-order valence-corrected chi connectivity index (χ0v) is 13.8.